The standard InChI is InChI=1S/C15H15F3N2O2S/c1-10(13-7-4-8-23-13)20-14(21)19-9-11-5-2-3-6-12(11)22-15(16,17)18/h2-8,10H,9H2,1H3,(H2,19,20,21)/t10-/m1/s1. The summed E-state index contributed by atoms with van der Waals surface area (Å²) in [7, 11) is 0. The van der Waals surface area contributed by atoms with Crippen LogP contribution in [0.25, 0.3) is 0 Å². The summed E-state index contributed by atoms with van der Waals surface area (Å²) < 4.78 is 40.9. The van der Waals surface area contributed by atoms with Gasteiger partial charge in [-0.05, 0) is 24.4 Å². The van der Waals surface area contributed by atoms with Gasteiger partial charge in [0, 0.05) is 17.0 Å². The second-order valence-electron chi connectivity index (χ2n) is 4.72. The van der Waals surface area contributed by atoms with Crippen molar-refractivity contribution >= 4 is 17.4 Å². The second-order valence-corrected chi connectivity index (χ2v) is 5.70. The van der Waals surface area contributed by atoms with Gasteiger partial charge < -0.3 is 15.4 Å². The molecule has 4 nitrogen and oxygen atoms in total. The molecular formula is C15H15F3N2O2S. The molecule has 0 aliphatic carbocycles. The highest BCUT2D eigenvalue weighted by Crippen LogP contribution is 2.26. The highest BCUT2D eigenvalue weighted by Gasteiger charge is 2.31. The summed E-state index contributed by atoms with van der Waals surface area (Å²) in [6.45, 7) is 1.75. The number of thiophene rings is 1. The van der Waals surface area contributed by atoms with Gasteiger partial charge in [-0.3, -0.25) is 0 Å². The first-order valence-electron chi connectivity index (χ1n) is 6.76. The maximum atomic E-state index is 12.3. The second kappa shape index (κ2) is 7.36. The molecule has 1 atom stereocenters. The van der Waals surface area contributed by atoms with E-state index in [9.17, 15) is 18.0 Å². The first-order valence-corrected chi connectivity index (χ1v) is 7.64. The minimum Gasteiger partial charge on any atom is -0.405 e. The van der Waals surface area contributed by atoms with Gasteiger partial charge >= 0.3 is 12.4 Å². The van der Waals surface area contributed by atoms with Crippen LogP contribution in [0, 0.1) is 0 Å². The lowest BCUT2D eigenvalue weighted by atomic mass is 10.2. The van der Waals surface area contributed by atoms with Crippen LogP contribution < -0.4 is 15.4 Å². The number of ether oxygens (including phenoxy) is 1. The first kappa shape index (κ1) is 17.1. The van der Waals surface area contributed by atoms with Gasteiger partial charge in [0.15, 0.2) is 0 Å². The molecule has 8 heteroatoms. The molecule has 2 amide bonds. The molecule has 2 rings (SSSR count). The number of rotatable bonds is 5. The van der Waals surface area contributed by atoms with Gasteiger partial charge in [0.05, 0.1) is 6.04 Å². The predicted octanol–water partition coefficient (Wildman–Crippen LogP) is 4.21. The van der Waals surface area contributed by atoms with Gasteiger partial charge in [-0.15, -0.1) is 24.5 Å². The van der Waals surface area contributed by atoms with Crippen LogP contribution in [0.4, 0.5) is 18.0 Å². The summed E-state index contributed by atoms with van der Waals surface area (Å²) in [4.78, 5) is 12.8. The van der Waals surface area contributed by atoms with E-state index in [-0.39, 0.29) is 23.9 Å². The van der Waals surface area contributed by atoms with Crippen molar-refractivity contribution in [2.75, 3.05) is 0 Å². The van der Waals surface area contributed by atoms with E-state index < -0.39 is 12.4 Å². The first-order chi connectivity index (χ1) is 10.8. The number of alkyl halides is 3. The largest absolute Gasteiger partial charge is 0.573 e. The lowest BCUT2D eigenvalue weighted by Crippen LogP contribution is -2.36. The van der Waals surface area contributed by atoms with E-state index in [1.807, 2.05) is 24.4 Å². The lowest BCUT2D eigenvalue weighted by Gasteiger charge is -2.15. The van der Waals surface area contributed by atoms with E-state index in [0.717, 1.165) is 4.88 Å². The quantitative estimate of drug-likeness (QED) is 0.854. The van der Waals surface area contributed by atoms with Crippen LogP contribution in [0.5, 0.6) is 5.75 Å². The number of nitrogens with one attached hydrogen (secondary N) is 2. The zero-order chi connectivity index (χ0) is 16.9. The fourth-order valence-corrected chi connectivity index (χ4v) is 2.64. The fraction of sp³-hybridized carbons (Fsp3) is 0.267. The van der Waals surface area contributed by atoms with Crippen LogP contribution >= 0.6 is 11.3 Å². The number of carbonyl (C=O) groups excluding carboxylic acids is 1. The van der Waals surface area contributed by atoms with Crippen LogP contribution in [0.1, 0.15) is 23.4 Å². The lowest BCUT2D eigenvalue weighted by molar-refractivity contribution is -0.274. The summed E-state index contributed by atoms with van der Waals surface area (Å²) in [5.74, 6) is -0.327. The molecular weight excluding hydrogens is 329 g/mol. The maximum Gasteiger partial charge on any atom is 0.573 e. The number of amides is 2. The van der Waals surface area contributed by atoms with E-state index >= 15 is 0 Å². The zero-order valence-corrected chi connectivity index (χ0v) is 13.0. The monoisotopic (exact) mass is 344 g/mol. The predicted molar refractivity (Wildman–Crippen MR) is 81.2 cm³/mol. The van der Waals surface area contributed by atoms with Crippen molar-refractivity contribution < 1.29 is 22.7 Å². The molecule has 1 heterocycles. The summed E-state index contributed by atoms with van der Waals surface area (Å²) in [6.07, 6.45) is -4.77. The Bertz CT molecular complexity index is 644. The Kier molecular flexibility index (Phi) is 5.49. The third-order valence-electron chi connectivity index (χ3n) is 2.96. The van der Waals surface area contributed by atoms with Crippen LogP contribution in [-0.4, -0.2) is 12.4 Å². The molecule has 1 aromatic carbocycles. The minimum absolute atomic E-state index is 0.0742. The number of para-hydroxylation sites is 1. The van der Waals surface area contributed by atoms with E-state index in [4.69, 9.17) is 0 Å². The molecule has 0 radical (unpaired) electrons. The number of hydrogen-bond donors (Lipinski definition) is 2. The Balaban J connectivity index is 1.91. The van der Waals surface area contributed by atoms with Crippen LogP contribution in [-0.2, 0) is 6.54 Å². The van der Waals surface area contributed by atoms with Crippen LogP contribution in [0.15, 0.2) is 41.8 Å². The smallest absolute Gasteiger partial charge is 0.405 e. The number of hydrogen-bond acceptors (Lipinski definition) is 3. The highest BCUT2D eigenvalue weighted by atomic mass is 32.1. The normalized spacial score (nSPS) is 12.5. The molecule has 0 aliphatic heterocycles. The molecule has 2 aromatic rings. The fourth-order valence-electron chi connectivity index (χ4n) is 1.91. The van der Waals surface area contributed by atoms with Crippen LogP contribution in [0.3, 0.4) is 0 Å². The number of carbonyl (C=O) groups is 1. The molecule has 0 bridgehead atoms. The van der Waals surface area contributed by atoms with E-state index in [2.05, 4.69) is 15.4 Å². The molecule has 124 valence electrons. The third-order valence-corrected chi connectivity index (χ3v) is 4.01. The molecule has 0 aliphatic rings. The molecule has 0 saturated heterocycles. The van der Waals surface area contributed by atoms with Crippen molar-refractivity contribution in [3.8, 4) is 5.75 Å². The SMILES string of the molecule is C[C@@H](NC(=O)NCc1ccccc1OC(F)(F)F)c1cccs1. The number of urea groups is 1. The van der Waals surface area contributed by atoms with Gasteiger partial charge in [-0.1, -0.05) is 24.3 Å². The number of halogens is 3. The van der Waals surface area contributed by atoms with Crippen molar-refractivity contribution in [1.82, 2.24) is 10.6 Å². The van der Waals surface area contributed by atoms with Crippen LogP contribution in [0.2, 0.25) is 0 Å². The molecule has 1 aromatic heterocycles. The van der Waals surface area contributed by atoms with Crippen molar-refractivity contribution in [2.24, 2.45) is 0 Å². The summed E-state index contributed by atoms with van der Waals surface area (Å²) >= 11 is 1.51. The molecule has 23 heavy (non-hydrogen) atoms. The Morgan fingerprint density at radius 1 is 1.26 bits per heavy atom. The van der Waals surface area contributed by atoms with E-state index in [1.54, 1.807) is 6.07 Å². The van der Waals surface area contributed by atoms with Gasteiger partial charge in [-0.25, -0.2) is 4.79 Å². The van der Waals surface area contributed by atoms with Crippen molar-refractivity contribution in [1.29, 1.82) is 0 Å². The summed E-state index contributed by atoms with van der Waals surface area (Å²) in [5.41, 5.74) is 0.240. The van der Waals surface area contributed by atoms with Gasteiger partial charge in [-0.2, -0.15) is 0 Å². The van der Waals surface area contributed by atoms with Crippen molar-refractivity contribution in [2.45, 2.75) is 25.9 Å². The van der Waals surface area contributed by atoms with Gasteiger partial charge in [0.2, 0.25) is 0 Å². The van der Waals surface area contributed by atoms with Crippen molar-refractivity contribution in [3.63, 3.8) is 0 Å². The van der Waals surface area contributed by atoms with Crippen molar-refractivity contribution in [3.05, 3.63) is 52.2 Å². The minimum atomic E-state index is -4.77. The molecule has 0 unspecified atom stereocenters. The highest BCUT2D eigenvalue weighted by molar-refractivity contribution is 7.10. The average molecular weight is 344 g/mol. The molecule has 2 N–H and O–H groups in total. The average Bonchev–Trinajstić information content (AvgIpc) is 2.99. The maximum absolute atomic E-state index is 12.3. The van der Waals surface area contributed by atoms with Gasteiger partial charge in [0.1, 0.15) is 5.75 Å². The van der Waals surface area contributed by atoms with E-state index in [1.165, 1.54) is 29.5 Å². The Labute approximate surface area is 135 Å². The molecule has 0 spiro atoms. The Morgan fingerprint density at radius 3 is 2.65 bits per heavy atom. The Hall–Kier alpha value is -2.22. The third kappa shape index (κ3) is 5.48. The van der Waals surface area contributed by atoms with Gasteiger partial charge in [0.25, 0.3) is 0 Å². The number of benzene rings is 1. The zero-order valence-electron chi connectivity index (χ0n) is 12.2. The topological polar surface area (TPSA) is 50.4 Å². The Morgan fingerprint density at radius 2 is 2.00 bits per heavy atom. The van der Waals surface area contributed by atoms with E-state index in [0.29, 0.717) is 0 Å². The summed E-state index contributed by atoms with van der Waals surface area (Å²) in [6, 6.07) is 8.80. The molecule has 0 saturated carbocycles. The molecule has 0 fully saturated rings. The summed E-state index contributed by atoms with van der Waals surface area (Å²) in [5, 5.41) is 7.14.